The summed E-state index contributed by atoms with van der Waals surface area (Å²) >= 11 is 9.33. The molecule has 1 rings (SSSR count). The van der Waals surface area contributed by atoms with Crippen LogP contribution in [-0.2, 0) is 10.3 Å². The number of unbranched alkanes of at least 4 members (excludes halogenated alkanes) is 4. The smallest absolute Gasteiger partial charge is 0.220 e. The highest BCUT2D eigenvalue weighted by Gasteiger charge is 2.22. The van der Waals surface area contributed by atoms with Crippen LogP contribution in [-0.4, -0.2) is 11.2 Å². The molecule has 0 atom stereocenters. The summed E-state index contributed by atoms with van der Waals surface area (Å²) in [4.78, 5) is 12.0. The largest absolute Gasteiger partial charge is 0.347 e. The van der Waals surface area contributed by atoms with Gasteiger partial charge in [-0.25, -0.2) is 0 Å². The van der Waals surface area contributed by atoms with Crippen LogP contribution >= 0.6 is 27.5 Å². The van der Waals surface area contributed by atoms with Crippen molar-refractivity contribution in [1.29, 1.82) is 0 Å². The Morgan fingerprint density at radius 2 is 1.67 bits per heavy atom. The molecule has 1 aromatic carbocycles. The summed E-state index contributed by atoms with van der Waals surface area (Å²) in [5.74, 6) is 0.121. The highest BCUT2D eigenvalue weighted by atomic mass is 79.9. The third kappa shape index (κ3) is 7.32. The van der Waals surface area contributed by atoms with Crippen molar-refractivity contribution in [3.63, 3.8) is 0 Å². The van der Waals surface area contributed by atoms with Gasteiger partial charge in [-0.15, -0.1) is 0 Å². The normalized spacial score (nSPS) is 11.4. The van der Waals surface area contributed by atoms with E-state index >= 15 is 0 Å². The first-order chi connectivity index (χ1) is 9.95. The number of benzene rings is 1. The molecular weight excluding hydrogens is 350 g/mol. The minimum atomic E-state index is -0.363. The minimum absolute atomic E-state index is 0.121. The molecule has 118 valence electrons. The maximum absolute atomic E-state index is 12.0. The predicted octanol–water partition coefficient (Wildman–Crippen LogP) is 5.43. The van der Waals surface area contributed by atoms with Gasteiger partial charge in [0, 0.05) is 16.8 Å². The lowest BCUT2D eigenvalue weighted by Crippen LogP contribution is -2.40. The van der Waals surface area contributed by atoms with Crippen LogP contribution in [0, 0.1) is 0 Å². The number of rotatable bonds is 9. The van der Waals surface area contributed by atoms with Gasteiger partial charge in [0.15, 0.2) is 0 Å². The van der Waals surface area contributed by atoms with E-state index in [1.807, 2.05) is 38.1 Å². The molecule has 0 fully saturated rings. The van der Waals surface area contributed by atoms with Crippen LogP contribution in [0.15, 0.2) is 24.3 Å². The van der Waals surface area contributed by atoms with E-state index in [0.29, 0.717) is 11.4 Å². The zero-order chi connectivity index (χ0) is 15.7. The summed E-state index contributed by atoms with van der Waals surface area (Å²) in [6.45, 7) is 4.04. The lowest BCUT2D eigenvalue weighted by atomic mass is 9.94. The number of carbonyl (C=O) groups excluding carboxylic acids is 1. The number of nitrogens with one attached hydrogen (secondary N) is 1. The van der Waals surface area contributed by atoms with Gasteiger partial charge in [-0.05, 0) is 44.4 Å². The Morgan fingerprint density at radius 1 is 1.10 bits per heavy atom. The highest BCUT2D eigenvalue weighted by molar-refractivity contribution is 9.09. The average Bonchev–Trinajstić information content (AvgIpc) is 2.42. The van der Waals surface area contributed by atoms with Gasteiger partial charge in [0.05, 0.1) is 5.54 Å². The van der Waals surface area contributed by atoms with Gasteiger partial charge in [0.2, 0.25) is 5.91 Å². The molecule has 0 radical (unpaired) electrons. The molecule has 0 aromatic heterocycles. The third-order valence-electron chi connectivity index (χ3n) is 3.56. The van der Waals surface area contributed by atoms with Crippen molar-refractivity contribution < 1.29 is 4.79 Å². The summed E-state index contributed by atoms with van der Waals surface area (Å²) in [7, 11) is 0. The van der Waals surface area contributed by atoms with Crippen LogP contribution in [0.5, 0.6) is 0 Å². The fourth-order valence-corrected chi connectivity index (χ4v) is 2.78. The maximum atomic E-state index is 12.0. The van der Waals surface area contributed by atoms with Gasteiger partial charge < -0.3 is 5.32 Å². The lowest BCUT2D eigenvalue weighted by molar-refractivity contribution is -0.122. The molecule has 0 aliphatic heterocycles. The summed E-state index contributed by atoms with van der Waals surface area (Å²) in [6.07, 6.45) is 6.36. The van der Waals surface area contributed by atoms with Crippen LogP contribution in [0.2, 0.25) is 5.02 Å². The number of carbonyl (C=O) groups is 1. The molecule has 0 aliphatic rings. The molecule has 1 aromatic rings. The number of amides is 1. The quantitative estimate of drug-likeness (QED) is 0.453. The van der Waals surface area contributed by atoms with Crippen molar-refractivity contribution in [1.82, 2.24) is 5.32 Å². The van der Waals surface area contributed by atoms with E-state index in [1.165, 1.54) is 19.3 Å². The van der Waals surface area contributed by atoms with Crippen molar-refractivity contribution in [2.75, 3.05) is 5.33 Å². The van der Waals surface area contributed by atoms with Crippen LogP contribution in [0.4, 0.5) is 0 Å². The first-order valence-corrected chi connectivity index (χ1v) is 9.08. The molecule has 0 heterocycles. The van der Waals surface area contributed by atoms with Crippen molar-refractivity contribution in [3.05, 3.63) is 34.9 Å². The predicted molar refractivity (Wildman–Crippen MR) is 94.1 cm³/mol. The molecule has 4 heteroatoms. The molecule has 21 heavy (non-hydrogen) atoms. The topological polar surface area (TPSA) is 29.1 Å². The van der Waals surface area contributed by atoms with Gasteiger partial charge in [0.1, 0.15) is 0 Å². The summed E-state index contributed by atoms with van der Waals surface area (Å²) in [5, 5.41) is 4.89. The van der Waals surface area contributed by atoms with Crippen molar-refractivity contribution in [2.45, 2.75) is 57.9 Å². The molecule has 1 amide bonds. The number of halogens is 2. The fourth-order valence-electron chi connectivity index (χ4n) is 2.26. The molecular formula is C17H25BrClNO. The summed E-state index contributed by atoms with van der Waals surface area (Å²) < 4.78 is 0. The van der Waals surface area contributed by atoms with E-state index in [2.05, 4.69) is 21.2 Å². The zero-order valence-corrected chi connectivity index (χ0v) is 15.3. The van der Waals surface area contributed by atoms with E-state index in [0.717, 1.165) is 23.7 Å². The monoisotopic (exact) mass is 373 g/mol. The van der Waals surface area contributed by atoms with Gasteiger partial charge in [-0.3, -0.25) is 4.79 Å². The molecule has 0 saturated heterocycles. The van der Waals surface area contributed by atoms with Gasteiger partial charge >= 0.3 is 0 Å². The maximum Gasteiger partial charge on any atom is 0.220 e. The van der Waals surface area contributed by atoms with E-state index < -0.39 is 0 Å². The molecule has 1 N–H and O–H groups in total. The second-order valence-corrected chi connectivity index (χ2v) is 7.12. The molecule has 0 aliphatic carbocycles. The van der Waals surface area contributed by atoms with E-state index in [9.17, 15) is 4.79 Å². The third-order valence-corrected chi connectivity index (χ3v) is 4.37. The molecule has 2 nitrogen and oxygen atoms in total. The van der Waals surface area contributed by atoms with Crippen molar-refractivity contribution in [3.8, 4) is 0 Å². The summed E-state index contributed by atoms with van der Waals surface area (Å²) in [6, 6.07) is 7.63. The van der Waals surface area contributed by atoms with Crippen LogP contribution in [0.25, 0.3) is 0 Å². The Hall–Kier alpha value is -0.540. The minimum Gasteiger partial charge on any atom is -0.347 e. The van der Waals surface area contributed by atoms with Crippen molar-refractivity contribution >= 4 is 33.4 Å². The standard InChI is InChI=1S/C17H25BrClNO/c1-17(2,14-9-11-15(19)12-10-14)20-16(21)8-6-4-3-5-7-13-18/h9-12H,3-8,13H2,1-2H3,(H,20,21). The van der Waals surface area contributed by atoms with Crippen molar-refractivity contribution in [2.24, 2.45) is 0 Å². The second kappa shape index (κ2) is 9.47. The van der Waals surface area contributed by atoms with Crippen LogP contribution in [0.1, 0.15) is 57.9 Å². The van der Waals surface area contributed by atoms with E-state index in [1.54, 1.807) is 0 Å². The molecule has 0 saturated carbocycles. The Morgan fingerprint density at radius 3 is 2.29 bits per heavy atom. The summed E-state index contributed by atoms with van der Waals surface area (Å²) in [5.41, 5.74) is 0.704. The SMILES string of the molecule is CC(C)(NC(=O)CCCCCCCBr)c1ccc(Cl)cc1. The van der Waals surface area contributed by atoms with Gasteiger partial charge in [-0.1, -0.05) is 58.9 Å². The second-order valence-electron chi connectivity index (χ2n) is 5.89. The Kier molecular flexibility index (Phi) is 8.35. The van der Waals surface area contributed by atoms with E-state index in [4.69, 9.17) is 11.6 Å². The fraction of sp³-hybridized carbons (Fsp3) is 0.588. The number of hydrogen-bond donors (Lipinski definition) is 1. The molecule has 0 spiro atoms. The Labute approximate surface area is 141 Å². The molecule has 0 unspecified atom stereocenters. The molecule has 0 bridgehead atoms. The Bertz CT molecular complexity index is 431. The first kappa shape index (κ1) is 18.5. The zero-order valence-electron chi connectivity index (χ0n) is 12.9. The Balaban J connectivity index is 2.34. The van der Waals surface area contributed by atoms with Crippen LogP contribution < -0.4 is 5.32 Å². The van der Waals surface area contributed by atoms with Gasteiger partial charge in [0.25, 0.3) is 0 Å². The first-order valence-electron chi connectivity index (χ1n) is 7.59. The van der Waals surface area contributed by atoms with Gasteiger partial charge in [-0.2, -0.15) is 0 Å². The number of alkyl halides is 1. The average molecular weight is 375 g/mol. The van der Waals surface area contributed by atoms with Crippen LogP contribution in [0.3, 0.4) is 0 Å². The van der Waals surface area contributed by atoms with E-state index in [-0.39, 0.29) is 11.4 Å². The lowest BCUT2D eigenvalue weighted by Gasteiger charge is -2.27. The highest BCUT2D eigenvalue weighted by Crippen LogP contribution is 2.22. The number of hydrogen-bond acceptors (Lipinski definition) is 1.